The Balaban J connectivity index is 2.08. The lowest BCUT2D eigenvalue weighted by Crippen LogP contribution is -2.12. The van der Waals surface area contributed by atoms with Crippen molar-refractivity contribution >= 4 is 5.97 Å². The van der Waals surface area contributed by atoms with Crippen molar-refractivity contribution in [1.29, 1.82) is 0 Å². The Hall–Kier alpha value is -2.15. The third kappa shape index (κ3) is 9.09. The van der Waals surface area contributed by atoms with Crippen LogP contribution >= 0.6 is 0 Å². The van der Waals surface area contributed by atoms with Gasteiger partial charge in [-0.25, -0.2) is 4.79 Å². The maximum Gasteiger partial charge on any atom is 0.338 e. The number of carbonyl (C=O) groups excluding carboxylic acids is 1. The summed E-state index contributed by atoms with van der Waals surface area (Å²) in [6, 6.07) is 6.73. The van der Waals surface area contributed by atoms with Crippen molar-refractivity contribution in [3.63, 3.8) is 0 Å². The molecule has 0 aliphatic carbocycles. The van der Waals surface area contributed by atoms with Gasteiger partial charge >= 0.3 is 5.97 Å². The second kappa shape index (κ2) is 13.3. The average Bonchev–Trinajstić information content (AvgIpc) is 2.61. The molecule has 1 rings (SSSR count). The highest BCUT2D eigenvalue weighted by Gasteiger charge is 2.06. The van der Waals surface area contributed by atoms with Crippen molar-refractivity contribution in [1.82, 2.24) is 0 Å². The third-order valence-electron chi connectivity index (χ3n) is 2.69. The highest BCUT2D eigenvalue weighted by atomic mass is 16.7. The molecule has 0 atom stereocenters. The summed E-state index contributed by atoms with van der Waals surface area (Å²) >= 11 is 0. The Labute approximate surface area is 142 Å². The fourth-order valence-corrected chi connectivity index (χ4v) is 1.59. The number of esters is 1. The molecule has 0 unspecified atom stereocenters. The second-order valence-electron chi connectivity index (χ2n) is 4.56. The molecule has 0 saturated heterocycles. The Morgan fingerprint density at radius 3 is 2.25 bits per heavy atom. The molecule has 0 N–H and O–H groups in total. The molecule has 0 saturated carbocycles. The Kier molecular flexibility index (Phi) is 11.0. The molecule has 1 aromatic rings. The fraction of sp³-hybridized carbons (Fsp3) is 0.389. The summed E-state index contributed by atoms with van der Waals surface area (Å²) < 4.78 is 26.0. The molecular formula is C18H24O6. The van der Waals surface area contributed by atoms with Crippen molar-refractivity contribution in [2.24, 2.45) is 0 Å². The minimum Gasteiger partial charge on any atom is -0.491 e. The van der Waals surface area contributed by atoms with Gasteiger partial charge < -0.3 is 23.7 Å². The maximum atomic E-state index is 11.6. The SMILES string of the molecule is C=CCOCOCCOCCOc1ccc(C(=O)OCC=C)cc1. The van der Waals surface area contributed by atoms with Gasteiger partial charge in [-0.3, -0.25) is 0 Å². The summed E-state index contributed by atoms with van der Waals surface area (Å²) in [6.45, 7) is 9.70. The number of carbonyl (C=O) groups is 1. The minimum absolute atomic E-state index is 0.193. The van der Waals surface area contributed by atoms with Crippen LogP contribution in [-0.2, 0) is 18.9 Å². The van der Waals surface area contributed by atoms with Gasteiger partial charge in [-0.15, -0.1) is 6.58 Å². The van der Waals surface area contributed by atoms with Gasteiger partial charge in [0.2, 0.25) is 0 Å². The topological polar surface area (TPSA) is 63.2 Å². The van der Waals surface area contributed by atoms with Crippen LogP contribution in [-0.4, -0.2) is 52.4 Å². The number of ether oxygens (including phenoxy) is 5. The lowest BCUT2D eigenvalue weighted by molar-refractivity contribution is -0.0626. The summed E-state index contributed by atoms with van der Waals surface area (Å²) in [5.41, 5.74) is 0.469. The van der Waals surface area contributed by atoms with Gasteiger partial charge in [-0.2, -0.15) is 0 Å². The number of rotatable bonds is 14. The summed E-state index contributed by atoms with van der Waals surface area (Å²) in [6.07, 6.45) is 3.18. The highest BCUT2D eigenvalue weighted by molar-refractivity contribution is 5.89. The molecule has 1 aromatic carbocycles. The van der Waals surface area contributed by atoms with E-state index in [1.54, 1.807) is 30.3 Å². The van der Waals surface area contributed by atoms with Crippen LogP contribution in [0.3, 0.4) is 0 Å². The normalized spacial score (nSPS) is 10.2. The Morgan fingerprint density at radius 2 is 1.54 bits per heavy atom. The summed E-state index contributed by atoms with van der Waals surface area (Å²) in [5, 5.41) is 0. The van der Waals surface area contributed by atoms with Crippen molar-refractivity contribution in [3.05, 3.63) is 55.1 Å². The molecule has 6 heteroatoms. The van der Waals surface area contributed by atoms with Crippen LogP contribution < -0.4 is 4.74 Å². The Morgan fingerprint density at radius 1 is 0.875 bits per heavy atom. The third-order valence-corrected chi connectivity index (χ3v) is 2.69. The van der Waals surface area contributed by atoms with Crippen LogP contribution in [0.25, 0.3) is 0 Å². The van der Waals surface area contributed by atoms with Gasteiger partial charge in [0.1, 0.15) is 25.8 Å². The average molecular weight is 336 g/mol. The molecule has 0 spiro atoms. The number of benzene rings is 1. The summed E-state index contributed by atoms with van der Waals surface area (Å²) in [4.78, 5) is 11.6. The zero-order chi connectivity index (χ0) is 17.5. The highest BCUT2D eigenvalue weighted by Crippen LogP contribution is 2.12. The molecule has 6 nitrogen and oxygen atoms in total. The molecule has 0 bridgehead atoms. The zero-order valence-electron chi connectivity index (χ0n) is 13.8. The molecule has 0 heterocycles. The van der Waals surface area contributed by atoms with E-state index < -0.39 is 0 Å². The first kappa shape index (κ1) is 19.9. The molecule has 0 aliphatic rings. The van der Waals surface area contributed by atoms with Crippen LogP contribution in [0.1, 0.15) is 10.4 Å². The van der Waals surface area contributed by atoms with E-state index in [1.165, 1.54) is 6.08 Å². The van der Waals surface area contributed by atoms with Crippen molar-refractivity contribution < 1.29 is 28.5 Å². The van der Waals surface area contributed by atoms with E-state index in [9.17, 15) is 4.79 Å². The quantitative estimate of drug-likeness (QED) is 0.225. The van der Waals surface area contributed by atoms with E-state index in [1.807, 2.05) is 0 Å². The number of hydrogen-bond donors (Lipinski definition) is 0. The van der Waals surface area contributed by atoms with Gasteiger partial charge in [0.25, 0.3) is 0 Å². The first-order valence-electron chi connectivity index (χ1n) is 7.63. The standard InChI is InChI=1S/C18H24O6/c1-3-9-21-15-22-12-11-20-13-14-23-17-7-5-16(6-8-17)18(19)24-10-4-2/h3-8H,1-2,9-15H2. The largest absolute Gasteiger partial charge is 0.491 e. The molecule has 132 valence electrons. The van der Waals surface area contributed by atoms with Crippen molar-refractivity contribution in [2.75, 3.05) is 46.4 Å². The number of hydrogen-bond acceptors (Lipinski definition) is 6. The zero-order valence-corrected chi connectivity index (χ0v) is 13.8. The predicted octanol–water partition coefficient (Wildman–Crippen LogP) is 2.60. The van der Waals surface area contributed by atoms with Crippen LogP contribution in [0.4, 0.5) is 0 Å². The van der Waals surface area contributed by atoms with Crippen molar-refractivity contribution in [3.8, 4) is 5.75 Å². The summed E-state index contributed by atoms with van der Waals surface area (Å²) in [7, 11) is 0. The monoisotopic (exact) mass is 336 g/mol. The van der Waals surface area contributed by atoms with Gasteiger partial charge in [-0.1, -0.05) is 18.7 Å². The van der Waals surface area contributed by atoms with Gasteiger partial charge in [0.15, 0.2) is 0 Å². The van der Waals surface area contributed by atoms with Crippen LogP contribution in [0.5, 0.6) is 5.75 Å². The first-order valence-corrected chi connectivity index (χ1v) is 7.63. The van der Waals surface area contributed by atoms with E-state index in [2.05, 4.69) is 13.2 Å². The molecule has 24 heavy (non-hydrogen) atoms. The second-order valence-corrected chi connectivity index (χ2v) is 4.56. The van der Waals surface area contributed by atoms with Crippen molar-refractivity contribution in [2.45, 2.75) is 0 Å². The molecule has 0 fully saturated rings. The van der Waals surface area contributed by atoms with Gasteiger partial charge in [0.05, 0.1) is 32.0 Å². The van der Waals surface area contributed by atoms with Gasteiger partial charge in [-0.05, 0) is 24.3 Å². The predicted molar refractivity (Wildman–Crippen MR) is 90.2 cm³/mol. The minimum atomic E-state index is -0.387. The molecule has 0 amide bonds. The molecule has 0 radical (unpaired) electrons. The summed E-state index contributed by atoms with van der Waals surface area (Å²) in [5.74, 6) is 0.273. The lowest BCUT2D eigenvalue weighted by atomic mass is 10.2. The van der Waals surface area contributed by atoms with Crippen LogP contribution in [0, 0.1) is 0 Å². The van der Waals surface area contributed by atoms with Crippen LogP contribution in [0.15, 0.2) is 49.6 Å². The van der Waals surface area contributed by atoms with E-state index in [0.717, 1.165) is 0 Å². The van der Waals surface area contributed by atoms with E-state index >= 15 is 0 Å². The molecule has 0 aromatic heterocycles. The smallest absolute Gasteiger partial charge is 0.338 e. The lowest BCUT2D eigenvalue weighted by Gasteiger charge is -2.08. The molecule has 0 aliphatic heterocycles. The first-order chi connectivity index (χ1) is 11.8. The van der Waals surface area contributed by atoms with E-state index in [4.69, 9.17) is 23.7 Å². The fourth-order valence-electron chi connectivity index (χ4n) is 1.59. The molecular weight excluding hydrogens is 312 g/mol. The van der Waals surface area contributed by atoms with Crippen LogP contribution in [0.2, 0.25) is 0 Å². The van der Waals surface area contributed by atoms with E-state index in [0.29, 0.717) is 44.3 Å². The maximum absolute atomic E-state index is 11.6. The van der Waals surface area contributed by atoms with E-state index in [-0.39, 0.29) is 19.4 Å². The Bertz CT molecular complexity index is 483. The van der Waals surface area contributed by atoms with Gasteiger partial charge in [0, 0.05) is 0 Å².